The maximum absolute atomic E-state index is 12.5. The second-order valence-corrected chi connectivity index (χ2v) is 8.83. The molecular formula is C24H30F3N5O3. The number of carbonyl (C=O) groups is 2. The van der Waals surface area contributed by atoms with Gasteiger partial charge < -0.3 is 20.7 Å². The lowest BCUT2D eigenvalue weighted by Crippen LogP contribution is -2.39. The van der Waals surface area contributed by atoms with Crippen molar-refractivity contribution in [3.8, 4) is 0 Å². The molecule has 190 valence electrons. The van der Waals surface area contributed by atoms with E-state index in [-0.39, 0.29) is 18.5 Å². The number of nitrogens with two attached hydrogens (primary N) is 1. The molecule has 2 heterocycles. The Bertz CT molecular complexity index is 1010. The molecule has 0 aliphatic heterocycles. The summed E-state index contributed by atoms with van der Waals surface area (Å²) in [6, 6.07) is 4.15. The van der Waals surface area contributed by atoms with Crippen LogP contribution in [0.1, 0.15) is 55.3 Å². The molecule has 11 heteroatoms. The van der Waals surface area contributed by atoms with Crippen LogP contribution in [0, 0.1) is 5.92 Å². The molecule has 0 bridgehead atoms. The number of nitrogens with zero attached hydrogens (tertiary/aromatic N) is 3. The molecular weight excluding hydrogens is 463 g/mol. The van der Waals surface area contributed by atoms with Crippen molar-refractivity contribution in [2.75, 3.05) is 24.8 Å². The van der Waals surface area contributed by atoms with Gasteiger partial charge in [0.2, 0.25) is 12.3 Å². The van der Waals surface area contributed by atoms with Crippen molar-refractivity contribution in [3.05, 3.63) is 47.4 Å². The van der Waals surface area contributed by atoms with Gasteiger partial charge in [0.05, 0.1) is 42.3 Å². The number of nitrogens with one attached hydrogen (secondary N) is 1. The number of ether oxygens (including phenoxy) is 1. The highest BCUT2D eigenvalue weighted by atomic mass is 19.4. The van der Waals surface area contributed by atoms with Crippen LogP contribution >= 0.6 is 0 Å². The number of methoxy groups -OCH3 is 1. The third-order valence-corrected chi connectivity index (χ3v) is 5.85. The molecule has 1 unspecified atom stereocenters. The fraction of sp³-hybridized carbons (Fsp3) is 0.500. The van der Waals surface area contributed by atoms with E-state index in [1.807, 2.05) is 6.07 Å². The second kappa shape index (κ2) is 11.5. The highest BCUT2D eigenvalue weighted by molar-refractivity contribution is 5.88. The Labute approximate surface area is 202 Å². The quantitative estimate of drug-likeness (QED) is 0.511. The van der Waals surface area contributed by atoms with Crippen LogP contribution in [-0.2, 0) is 27.0 Å². The summed E-state index contributed by atoms with van der Waals surface area (Å²) in [4.78, 5) is 31.5. The number of alkyl halides is 3. The number of rotatable bonds is 9. The van der Waals surface area contributed by atoms with Crippen molar-refractivity contribution >= 4 is 23.8 Å². The van der Waals surface area contributed by atoms with E-state index in [1.54, 1.807) is 18.2 Å². The summed E-state index contributed by atoms with van der Waals surface area (Å²) < 4.78 is 42.5. The normalized spacial score (nSPS) is 16.0. The number of hydrogen-bond donors (Lipinski definition) is 2. The Hall–Kier alpha value is -3.21. The number of carbonyl (C=O) groups excluding carboxylic acids is 2. The van der Waals surface area contributed by atoms with Gasteiger partial charge in [-0.2, -0.15) is 13.2 Å². The van der Waals surface area contributed by atoms with Crippen LogP contribution in [0.3, 0.4) is 0 Å². The van der Waals surface area contributed by atoms with Crippen molar-refractivity contribution in [2.45, 2.75) is 57.3 Å². The lowest BCUT2D eigenvalue weighted by atomic mass is 10.1. The molecule has 2 aromatic heterocycles. The first-order valence-electron chi connectivity index (χ1n) is 11.4. The van der Waals surface area contributed by atoms with Crippen LogP contribution in [0.5, 0.6) is 0 Å². The zero-order valence-corrected chi connectivity index (χ0v) is 19.7. The fourth-order valence-electron chi connectivity index (χ4n) is 3.75. The highest BCUT2D eigenvalue weighted by Crippen LogP contribution is 2.42. The van der Waals surface area contributed by atoms with Gasteiger partial charge in [-0.05, 0) is 61.3 Å². The molecule has 4 rings (SSSR count). The summed E-state index contributed by atoms with van der Waals surface area (Å²) in [5.74, 6) is 1.46. The SMILES string of the molecule is CC(=O)Nc1cnc(N)c(C2CC2)c1.COCC(C1CC1)N(C=O)Cc1ccc(C(F)(F)F)cn1. The monoisotopic (exact) mass is 493 g/mol. The molecule has 2 aliphatic rings. The minimum atomic E-state index is -4.40. The number of amides is 2. The number of anilines is 2. The summed E-state index contributed by atoms with van der Waals surface area (Å²) in [5.41, 5.74) is 7.17. The van der Waals surface area contributed by atoms with E-state index in [1.165, 1.54) is 25.8 Å². The minimum absolute atomic E-state index is 0.0448. The van der Waals surface area contributed by atoms with E-state index < -0.39 is 11.7 Å². The van der Waals surface area contributed by atoms with Crippen molar-refractivity contribution in [2.24, 2.45) is 5.92 Å². The zero-order valence-electron chi connectivity index (χ0n) is 19.7. The van der Waals surface area contributed by atoms with Gasteiger partial charge in [-0.1, -0.05) is 0 Å². The third kappa shape index (κ3) is 7.91. The molecule has 2 fully saturated rings. The molecule has 2 aromatic rings. The lowest BCUT2D eigenvalue weighted by molar-refractivity contribution is -0.138. The Morgan fingerprint density at radius 3 is 2.46 bits per heavy atom. The summed E-state index contributed by atoms with van der Waals surface area (Å²) in [6.07, 6.45) is 3.12. The molecule has 0 spiro atoms. The van der Waals surface area contributed by atoms with Crippen molar-refractivity contribution in [3.63, 3.8) is 0 Å². The lowest BCUT2D eigenvalue weighted by Gasteiger charge is -2.27. The maximum Gasteiger partial charge on any atom is 0.417 e. The molecule has 3 N–H and O–H groups in total. The standard InChI is InChI=1S/C14H17F3N2O2.C10H13N3O/c1-21-8-13(10-2-3-10)19(9-20)7-12-5-4-11(6-18-12)14(15,16)17;1-6(14)13-8-4-9(7-2-3-7)10(11)12-5-8/h4-6,9-10,13H,2-3,7-8H2,1H3;4-5,7H,2-3H2,1H3,(H2,11,12)(H,13,14). The molecule has 2 saturated carbocycles. The first kappa shape index (κ1) is 26.4. The summed E-state index contributed by atoms with van der Waals surface area (Å²) in [7, 11) is 1.56. The van der Waals surface area contributed by atoms with Gasteiger partial charge in [0.25, 0.3) is 0 Å². The Morgan fingerprint density at radius 2 is 1.97 bits per heavy atom. The summed E-state index contributed by atoms with van der Waals surface area (Å²) in [6.45, 7) is 2.09. The minimum Gasteiger partial charge on any atom is -0.383 e. The second-order valence-electron chi connectivity index (χ2n) is 8.83. The van der Waals surface area contributed by atoms with Gasteiger partial charge in [0.15, 0.2) is 0 Å². The van der Waals surface area contributed by atoms with E-state index >= 15 is 0 Å². The fourth-order valence-corrected chi connectivity index (χ4v) is 3.75. The van der Waals surface area contributed by atoms with Gasteiger partial charge in [0.1, 0.15) is 5.82 Å². The first-order valence-corrected chi connectivity index (χ1v) is 11.4. The Kier molecular flexibility index (Phi) is 8.66. The first-order chi connectivity index (χ1) is 16.6. The topological polar surface area (TPSA) is 110 Å². The molecule has 0 saturated heterocycles. The maximum atomic E-state index is 12.5. The number of hydrogen-bond acceptors (Lipinski definition) is 6. The smallest absolute Gasteiger partial charge is 0.383 e. The molecule has 8 nitrogen and oxygen atoms in total. The molecule has 35 heavy (non-hydrogen) atoms. The molecule has 0 aromatic carbocycles. The van der Waals surface area contributed by atoms with Crippen LogP contribution in [0.4, 0.5) is 24.7 Å². The predicted molar refractivity (Wildman–Crippen MR) is 124 cm³/mol. The predicted octanol–water partition coefficient (Wildman–Crippen LogP) is 3.98. The largest absolute Gasteiger partial charge is 0.417 e. The molecule has 2 amide bonds. The van der Waals surface area contributed by atoms with Crippen molar-refractivity contribution in [1.82, 2.24) is 14.9 Å². The van der Waals surface area contributed by atoms with Crippen LogP contribution in [-0.4, -0.2) is 46.9 Å². The van der Waals surface area contributed by atoms with E-state index in [0.29, 0.717) is 36.4 Å². The number of halogens is 3. The average molecular weight is 494 g/mol. The summed E-state index contributed by atoms with van der Waals surface area (Å²) >= 11 is 0. The van der Waals surface area contributed by atoms with Crippen LogP contribution in [0.25, 0.3) is 0 Å². The van der Waals surface area contributed by atoms with E-state index in [4.69, 9.17) is 10.5 Å². The van der Waals surface area contributed by atoms with Crippen LogP contribution in [0.2, 0.25) is 0 Å². The number of nitrogen functional groups attached to an aromatic ring is 1. The summed E-state index contributed by atoms with van der Waals surface area (Å²) in [5, 5.41) is 2.70. The Morgan fingerprint density at radius 1 is 1.26 bits per heavy atom. The molecule has 1 atom stereocenters. The van der Waals surface area contributed by atoms with Gasteiger partial charge in [-0.25, -0.2) is 4.98 Å². The molecule has 0 radical (unpaired) electrons. The van der Waals surface area contributed by atoms with Gasteiger partial charge in [0, 0.05) is 20.2 Å². The van der Waals surface area contributed by atoms with Crippen molar-refractivity contribution in [1.29, 1.82) is 0 Å². The van der Waals surface area contributed by atoms with E-state index in [9.17, 15) is 22.8 Å². The highest BCUT2D eigenvalue weighted by Gasteiger charge is 2.35. The third-order valence-electron chi connectivity index (χ3n) is 5.85. The van der Waals surface area contributed by atoms with Crippen LogP contribution in [0.15, 0.2) is 30.6 Å². The average Bonchev–Trinajstić information content (AvgIpc) is 3.70. The Balaban J connectivity index is 0.000000211. The zero-order chi connectivity index (χ0) is 25.6. The number of aromatic nitrogens is 2. The van der Waals surface area contributed by atoms with Crippen LogP contribution < -0.4 is 11.1 Å². The van der Waals surface area contributed by atoms with Gasteiger partial charge in [-0.3, -0.25) is 14.6 Å². The number of pyridine rings is 2. The van der Waals surface area contributed by atoms with E-state index in [0.717, 1.165) is 36.4 Å². The molecule has 2 aliphatic carbocycles. The van der Waals surface area contributed by atoms with Crippen molar-refractivity contribution < 1.29 is 27.5 Å². The van der Waals surface area contributed by atoms with Gasteiger partial charge >= 0.3 is 6.18 Å². The van der Waals surface area contributed by atoms with E-state index in [2.05, 4.69) is 15.3 Å². The van der Waals surface area contributed by atoms with Gasteiger partial charge in [-0.15, -0.1) is 0 Å².